The van der Waals surface area contributed by atoms with Crippen LogP contribution in [-0.2, 0) is 7.05 Å². The third-order valence-electron chi connectivity index (χ3n) is 3.88. The molecule has 0 aliphatic carbocycles. The van der Waals surface area contributed by atoms with E-state index in [1.165, 1.54) is 0 Å². The molecule has 0 fully saturated rings. The van der Waals surface area contributed by atoms with Crippen LogP contribution in [0.1, 0.15) is 54.9 Å². The SMILES string of the molecule is CC(C)c1noc([C@@H](C)NC(=O)c2cc3ccccc3n2C)n1. The highest BCUT2D eigenvalue weighted by Gasteiger charge is 2.20. The molecule has 0 bridgehead atoms. The van der Waals surface area contributed by atoms with E-state index < -0.39 is 0 Å². The quantitative estimate of drug-likeness (QED) is 0.803. The molecule has 1 N–H and O–H groups in total. The summed E-state index contributed by atoms with van der Waals surface area (Å²) in [5, 5.41) is 7.87. The monoisotopic (exact) mass is 312 g/mol. The molecule has 120 valence electrons. The molecule has 1 atom stereocenters. The van der Waals surface area contributed by atoms with E-state index in [4.69, 9.17) is 4.52 Å². The number of fused-ring (bicyclic) bond motifs is 1. The molecule has 6 heteroatoms. The Kier molecular flexibility index (Phi) is 3.90. The van der Waals surface area contributed by atoms with E-state index in [0.717, 1.165) is 10.9 Å². The lowest BCUT2D eigenvalue weighted by Crippen LogP contribution is -2.28. The average molecular weight is 312 g/mol. The van der Waals surface area contributed by atoms with E-state index in [2.05, 4.69) is 15.5 Å². The van der Waals surface area contributed by atoms with Crippen LogP contribution < -0.4 is 5.32 Å². The van der Waals surface area contributed by atoms with E-state index in [9.17, 15) is 4.79 Å². The van der Waals surface area contributed by atoms with Crippen molar-refractivity contribution in [2.45, 2.75) is 32.7 Å². The Hall–Kier alpha value is -2.63. The first-order chi connectivity index (χ1) is 11.0. The fourth-order valence-electron chi connectivity index (χ4n) is 2.50. The molecule has 1 amide bonds. The van der Waals surface area contributed by atoms with E-state index in [1.54, 1.807) is 0 Å². The second kappa shape index (κ2) is 5.87. The van der Waals surface area contributed by atoms with Crippen LogP contribution in [0.15, 0.2) is 34.9 Å². The molecule has 6 nitrogen and oxygen atoms in total. The van der Waals surface area contributed by atoms with Crippen molar-refractivity contribution in [2.75, 3.05) is 0 Å². The number of para-hydroxylation sites is 1. The molecule has 0 spiro atoms. The lowest BCUT2D eigenvalue weighted by atomic mass is 10.2. The second-order valence-corrected chi connectivity index (χ2v) is 5.99. The lowest BCUT2D eigenvalue weighted by Gasteiger charge is -2.10. The Morgan fingerprint density at radius 1 is 1.26 bits per heavy atom. The van der Waals surface area contributed by atoms with Gasteiger partial charge in [-0.3, -0.25) is 4.79 Å². The van der Waals surface area contributed by atoms with E-state index >= 15 is 0 Å². The molecule has 2 heterocycles. The summed E-state index contributed by atoms with van der Waals surface area (Å²) in [6.45, 7) is 5.82. The van der Waals surface area contributed by atoms with Crippen LogP contribution in [0.2, 0.25) is 0 Å². The van der Waals surface area contributed by atoms with Crippen molar-refractivity contribution < 1.29 is 9.32 Å². The van der Waals surface area contributed by atoms with Crippen LogP contribution >= 0.6 is 0 Å². The van der Waals surface area contributed by atoms with Crippen molar-refractivity contribution in [3.05, 3.63) is 47.7 Å². The number of nitrogens with one attached hydrogen (secondary N) is 1. The van der Waals surface area contributed by atoms with Gasteiger partial charge in [-0.1, -0.05) is 37.2 Å². The zero-order chi connectivity index (χ0) is 16.6. The van der Waals surface area contributed by atoms with Gasteiger partial charge in [0.25, 0.3) is 5.91 Å². The molecule has 3 aromatic rings. The third kappa shape index (κ3) is 2.84. The van der Waals surface area contributed by atoms with E-state index in [0.29, 0.717) is 17.4 Å². The Morgan fingerprint density at radius 3 is 2.65 bits per heavy atom. The molecule has 0 aliphatic heterocycles. The summed E-state index contributed by atoms with van der Waals surface area (Å²) >= 11 is 0. The Labute approximate surface area is 134 Å². The number of amides is 1. The van der Waals surface area contributed by atoms with Gasteiger partial charge < -0.3 is 14.4 Å². The van der Waals surface area contributed by atoms with E-state index in [-0.39, 0.29) is 17.9 Å². The normalized spacial score (nSPS) is 12.7. The Balaban J connectivity index is 1.80. The largest absolute Gasteiger partial charge is 0.340 e. The predicted molar refractivity (Wildman–Crippen MR) is 87.2 cm³/mol. The summed E-state index contributed by atoms with van der Waals surface area (Å²) in [6, 6.07) is 9.42. The summed E-state index contributed by atoms with van der Waals surface area (Å²) in [5.74, 6) is 1.08. The van der Waals surface area contributed by atoms with E-state index in [1.807, 2.05) is 62.7 Å². The molecular formula is C17H20N4O2. The van der Waals surface area contributed by atoms with Crippen LogP contribution in [0.3, 0.4) is 0 Å². The van der Waals surface area contributed by atoms with Gasteiger partial charge in [-0.05, 0) is 19.1 Å². The maximum absolute atomic E-state index is 12.5. The fraction of sp³-hybridized carbons (Fsp3) is 0.353. The van der Waals surface area contributed by atoms with Gasteiger partial charge in [-0.25, -0.2) is 0 Å². The second-order valence-electron chi connectivity index (χ2n) is 5.99. The standard InChI is InChI=1S/C17H20N4O2/c1-10(2)15-19-17(23-20-15)11(3)18-16(22)14-9-12-7-5-6-8-13(12)21(14)4/h5-11H,1-4H3,(H,18,22)/t11-/m1/s1. The molecular weight excluding hydrogens is 292 g/mol. The summed E-state index contributed by atoms with van der Waals surface area (Å²) in [6.07, 6.45) is 0. The first-order valence-corrected chi connectivity index (χ1v) is 7.66. The van der Waals surface area contributed by atoms with Crippen molar-refractivity contribution in [3.63, 3.8) is 0 Å². The van der Waals surface area contributed by atoms with Gasteiger partial charge in [0.15, 0.2) is 5.82 Å². The predicted octanol–water partition coefficient (Wildman–Crippen LogP) is 3.18. The molecule has 0 saturated heterocycles. The summed E-state index contributed by atoms with van der Waals surface area (Å²) in [4.78, 5) is 16.9. The van der Waals surface area contributed by atoms with Crippen molar-refractivity contribution in [1.29, 1.82) is 0 Å². The molecule has 0 aliphatic rings. The smallest absolute Gasteiger partial charge is 0.268 e. The van der Waals surface area contributed by atoms with Crippen LogP contribution in [0.4, 0.5) is 0 Å². The Bertz CT molecular complexity index is 847. The van der Waals surface area contributed by atoms with Crippen molar-refractivity contribution in [2.24, 2.45) is 7.05 Å². The maximum Gasteiger partial charge on any atom is 0.268 e. The van der Waals surface area contributed by atoms with Gasteiger partial charge in [0, 0.05) is 23.9 Å². The number of carbonyl (C=O) groups excluding carboxylic acids is 1. The number of benzene rings is 1. The van der Waals surface area contributed by atoms with Gasteiger partial charge in [-0.15, -0.1) is 0 Å². The number of nitrogens with zero attached hydrogens (tertiary/aromatic N) is 3. The van der Waals surface area contributed by atoms with Crippen molar-refractivity contribution in [1.82, 2.24) is 20.0 Å². The van der Waals surface area contributed by atoms with Crippen molar-refractivity contribution in [3.8, 4) is 0 Å². The zero-order valence-corrected chi connectivity index (χ0v) is 13.7. The highest BCUT2D eigenvalue weighted by Crippen LogP contribution is 2.20. The van der Waals surface area contributed by atoms with Gasteiger partial charge >= 0.3 is 0 Å². The first kappa shape index (κ1) is 15.3. The minimum atomic E-state index is -0.347. The lowest BCUT2D eigenvalue weighted by molar-refractivity contribution is 0.0924. The summed E-state index contributed by atoms with van der Waals surface area (Å²) in [7, 11) is 1.88. The van der Waals surface area contributed by atoms with Gasteiger partial charge in [-0.2, -0.15) is 4.98 Å². The van der Waals surface area contributed by atoms with Crippen LogP contribution in [-0.4, -0.2) is 20.6 Å². The third-order valence-corrected chi connectivity index (χ3v) is 3.88. The van der Waals surface area contributed by atoms with Gasteiger partial charge in [0.05, 0.1) is 0 Å². The van der Waals surface area contributed by atoms with Crippen molar-refractivity contribution >= 4 is 16.8 Å². The van der Waals surface area contributed by atoms with Crippen LogP contribution in [0.5, 0.6) is 0 Å². The average Bonchev–Trinajstić information content (AvgIpc) is 3.13. The molecule has 23 heavy (non-hydrogen) atoms. The number of carbonyl (C=O) groups is 1. The van der Waals surface area contributed by atoms with Crippen LogP contribution in [0.25, 0.3) is 10.9 Å². The Morgan fingerprint density at radius 2 is 2.00 bits per heavy atom. The summed E-state index contributed by atoms with van der Waals surface area (Å²) in [5.41, 5.74) is 1.62. The minimum Gasteiger partial charge on any atom is -0.340 e. The molecule has 2 aromatic heterocycles. The van der Waals surface area contributed by atoms with Gasteiger partial charge in [0.1, 0.15) is 11.7 Å². The minimum absolute atomic E-state index is 0.166. The van der Waals surface area contributed by atoms with Crippen LogP contribution in [0, 0.1) is 0 Å². The molecule has 3 rings (SSSR count). The fourth-order valence-corrected chi connectivity index (χ4v) is 2.50. The highest BCUT2D eigenvalue weighted by atomic mass is 16.5. The topological polar surface area (TPSA) is 73.0 Å². The number of rotatable bonds is 4. The molecule has 0 radical (unpaired) electrons. The maximum atomic E-state index is 12.5. The number of hydrogen-bond acceptors (Lipinski definition) is 4. The zero-order valence-electron chi connectivity index (χ0n) is 13.7. The molecule has 1 aromatic carbocycles. The summed E-state index contributed by atoms with van der Waals surface area (Å²) < 4.78 is 7.11. The number of hydrogen-bond donors (Lipinski definition) is 1. The first-order valence-electron chi connectivity index (χ1n) is 7.66. The van der Waals surface area contributed by atoms with Gasteiger partial charge in [0.2, 0.25) is 5.89 Å². The molecule has 0 saturated carbocycles. The molecule has 0 unspecified atom stereocenters. The number of aromatic nitrogens is 3. The highest BCUT2D eigenvalue weighted by molar-refractivity contribution is 5.98. The number of aryl methyl sites for hydroxylation is 1.